The Morgan fingerprint density at radius 1 is 1.06 bits per heavy atom. The molecule has 1 aliphatic heterocycles. The zero-order chi connectivity index (χ0) is 22.0. The van der Waals surface area contributed by atoms with Crippen LogP contribution in [0.5, 0.6) is 0 Å². The summed E-state index contributed by atoms with van der Waals surface area (Å²) < 4.78 is 18.6. The highest BCUT2D eigenvalue weighted by atomic mass is 35.5. The molecule has 9 heteroatoms. The van der Waals surface area contributed by atoms with E-state index in [4.69, 9.17) is 16.0 Å². The largest absolute Gasteiger partial charge is 0.467 e. The van der Waals surface area contributed by atoms with Crippen molar-refractivity contribution >= 4 is 40.8 Å². The Balaban J connectivity index is 1.58. The van der Waals surface area contributed by atoms with Gasteiger partial charge in [-0.05, 0) is 60.7 Å². The molecular weight excluding hydrogens is 425 g/mol. The van der Waals surface area contributed by atoms with Gasteiger partial charge in [0, 0.05) is 10.7 Å². The van der Waals surface area contributed by atoms with Gasteiger partial charge in [-0.15, -0.1) is 0 Å². The number of nitrogens with zero attached hydrogens (tertiary/aromatic N) is 2. The van der Waals surface area contributed by atoms with Crippen LogP contribution in [0.2, 0.25) is 5.02 Å². The lowest BCUT2D eigenvalue weighted by Crippen LogP contribution is -2.37. The average Bonchev–Trinajstić information content (AvgIpc) is 3.33. The van der Waals surface area contributed by atoms with E-state index in [1.54, 1.807) is 36.4 Å². The topological polar surface area (TPSA) is 82.9 Å². The maximum atomic E-state index is 13.3. The third-order valence-electron chi connectivity index (χ3n) is 4.82. The molecule has 0 saturated carbocycles. The molecule has 2 aromatic carbocycles. The lowest BCUT2D eigenvalue weighted by Gasteiger charge is -2.20. The summed E-state index contributed by atoms with van der Waals surface area (Å²) in [7, 11) is 0. The molecule has 1 fully saturated rings. The number of amides is 4. The third kappa shape index (κ3) is 4.44. The SMILES string of the molecule is O=C(C[C@H]1C(=O)N(c2ccc(F)cc2)C(=O)N1Cc1ccco1)Nc1ccc(Cl)cc1. The fourth-order valence-electron chi connectivity index (χ4n) is 3.33. The summed E-state index contributed by atoms with van der Waals surface area (Å²) in [6, 6.07) is 13.2. The third-order valence-corrected chi connectivity index (χ3v) is 5.07. The molecule has 0 spiro atoms. The molecule has 7 nitrogen and oxygen atoms in total. The Morgan fingerprint density at radius 2 is 1.77 bits per heavy atom. The first-order chi connectivity index (χ1) is 14.9. The van der Waals surface area contributed by atoms with Crippen molar-refractivity contribution < 1.29 is 23.2 Å². The van der Waals surface area contributed by atoms with Crippen molar-refractivity contribution in [2.24, 2.45) is 0 Å². The van der Waals surface area contributed by atoms with Crippen LogP contribution in [0.3, 0.4) is 0 Å². The van der Waals surface area contributed by atoms with Gasteiger partial charge in [0.25, 0.3) is 5.91 Å². The van der Waals surface area contributed by atoms with E-state index in [2.05, 4.69) is 5.32 Å². The standard InChI is InChI=1S/C22H17ClFN3O4/c23-14-3-7-16(8-4-14)25-20(28)12-19-21(29)27(17-9-5-15(24)6-10-17)22(30)26(19)13-18-2-1-11-31-18/h1-11,19H,12-13H2,(H,25,28)/t19-/m0/s1. The Labute approximate surface area is 182 Å². The van der Waals surface area contributed by atoms with Gasteiger partial charge in [-0.25, -0.2) is 14.1 Å². The first kappa shape index (κ1) is 20.6. The fourth-order valence-corrected chi connectivity index (χ4v) is 3.46. The lowest BCUT2D eigenvalue weighted by atomic mass is 10.1. The minimum Gasteiger partial charge on any atom is -0.467 e. The highest BCUT2D eigenvalue weighted by molar-refractivity contribution is 6.30. The minimum absolute atomic E-state index is 0.00809. The van der Waals surface area contributed by atoms with E-state index in [0.29, 0.717) is 16.5 Å². The highest BCUT2D eigenvalue weighted by Crippen LogP contribution is 2.29. The predicted octanol–water partition coefficient (Wildman–Crippen LogP) is 4.44. The summed E-state index contributed by atoms with van der Waals surface area (Å²) in [6.45, 7) is 0.00809. The van der Waals surface area contributed by atoms with Crippen LogP contribution < -0.4 is 10.2 Å². The van der Waals surface area contributed by atoms with Gasteiger partial charge in [0.1, 0.15) is 17.6 Å². The van der Waals surface area contributed by atoms with Gasteiger partial charge in [0.05, 0.1) is 24.9 Å². The first-order valence-corrected chi connectivity index (χ1v) is 9.78. The molecule has 1 N–H and O–H groups in total. The van der Waals surface area contributed by atoms with Crippen molar-refractivity contribution in [1.82, 2.24) is 4.90 Å². The number of urea groups is 1. The number of hydrogen-bond donors (Lipinski definition) is 1. The van der Waals surface area contributed by atoms with Gasteiger partial charge < -0.3 is 14.6 Å². The molecule has 3 aromatic rings. The van der Waals surface area contributed by atoms with Crippen molar-refractivity contribution in [3.8, 4) is 0 Å². The second-order valence-electron chi connectivity index (χ2n) is 6.91. The fraction of sp³-hybridized carbons (Fsp3) is 0.136. The van der Waals surface area contributed by atoms with E-state index >= 15 is 0 Å². The van der Waals surface area contributed by atoms with Crippen LogP contribution in [-0.2, 0) is 16.1 Å². The first-order valence-electron chi connectivity index (χ1n) is 9.40. The molecule has 4 amide bonds. The Kier molecular flexibility index (Phi) is 5.73. The van der Waals surface area contributed by atoms with E-state index in [1.165, 1.54) is 23.3 Å². The summed E-state index contributed by atoms with van der Waals surface area (Å²) >= 11 is 5.85. The number of benzene rings is 2. The Bertz CT molecular complexity index is 1100. The van der Waals surface area contributed by atoms with Crippen LogP contribution in [-0.4, -0.2) is 28.8 Å². The van der Waals surface area contributed by atoms with E-state index in [-0.39, 0.29) is 18.7 Å². The van der Waals surface area contributed by atoms with Crippen molar-refractivity contribution in [3.63, 3.8) is 0 Å². The number of hydrogen-bond acceptors (Lipinski definition) is 4. The van der Waals surface area contributed by atoms with Gasteiger partial charge in [-0.2, -0.15) is 0 Å². The smallest absolute Gasteiger partial charge is 0.332 e. The summed E-state index contributed by atoms with van der Waals surface area (Å²) in [4.78, 5) is 41.0. The molecule has 1 aliphatic rings. The van der Waals surface area contributed by atoms with Crippen molar-refractivity contribution in [1.29, 1.82) is 0 Å². The average molecular weight is 442 g/mol. The van der Waals surface area contributed by atoms with Gasteiger partial charge in [0.2, 0.25) is 5.91 Å². The van der Waals surface area contributed by atoms with Crippen molar-refractivity contribution in [2.45, 2.75) is 19.0 Å². The number of imide groups is 1. The van der Waals surface area contributed by atoms with Crippen LogP contribution in [0.25, 0.3) is 0 Å². The molecule has 0 bridgehead atoms. The van der Waals surface area contributed by atoms with Crippen LogP contribution in [0.15, 0.2) is 71.3 Å². The maximum Gasteiger partial charge on any atom is 0.332 e. The maximum absolute atomic E-state index is 13.3. The van der Waals surface area contributed by atoms with E-state index in [0.717, 1.165) is 17.0 Å². The van der Waals surface area contributed by atoms with E-state index in [9.17, 15) is 18.8 Å². The molecule has 1 aromatic heterocycles. The van der Waals surface area contributed by atoms with E-state index < -0.39 is 29.7 Å². The number of halogens is 2. The second kappa shape index (κ2) is 8.61. The zero-order valence-electron chi connectivity index (χ0n) is 16.1. The molecule has 1 saturated heterocycles. The second-order valence-corrected chi connectivity index (χ2v) is 7.35. The molecule has 4 rings (SSSR count). The predicted molar refractivity (Wildman–Crippen MR) is 112 cm³/mol. The van der Waals surface area contributed by atoms with Gasteiger partial charge in [-0.3, -0.25) is 9.59 Å². The van der Waals surface area contributed by atoms with Crippen molar-refractivity contribution in [2.75, 3.05) is 10.2 Å². The quantitative estimate of drug-likeness (QED) is 0.573. The van der Waals surface area contributed by atoms with Gasteiger partial charge >= 0.3 is 6.03 Å². The molecule has 1 atom stereocenters. The number of anilines is 2. The van der Waals surface area contributed by atoms with Crippen molar-refractivity contribution in [3.05, 3.63) is 83.5 Å². The number of furan rings is 1. The summed E-state index contributed by atoms with van der Waals surface area (Å²) in [5.41, 5.74) is 0.737. The van der Waals surface area contributed by atoms with Crippen LogP contribution in [0, 0.1) is 5.82 Å². The molecule has 158 valence electrons. The molecule has 0 unspecified atom stereocenters. The number of nitrogens with one attached hydrogen (secondary N) is 1. The minimum atomic E-state index is -1.05. The zero-order valence-corrected chi connectivity index (χ0v) is 16.9. The molecule has 0 radical (unpaired) electrons. The molecule has 2 heterocycles. The van der Waals surface area contributed by atoms with E-state index in [1.807, 2.05) is 0 Å². The number of rotatable bonds is 6. The highest BCUT2D eigenvalue weighted by Gasteiger charge is 2.47. The number of carbonyl (C=O) groups is 3. The van der Waals surface area contributed by atoms with Gasteiger partial charge in [-0.1, -0.05) is 11.6 Å². The molecule has 0 aliphatic carbocycles. The Morgan fingerprint density at radius 3 is 2.42 bits per heavy atom. The molecule has 31 heavy (non-hydrogen) atoms. The summed E-state index contributed by atoms with van der Waals surface area (Å²) in [5.74, 6) is -1.05. The Hall–Kier alpha value is -3.65. The van der Waals surface area contributed by atoms with Crippen LogP contribution in [0.1, 0.15) is 12.2 Å². The monoisotopic (exact) mass is 441 g/mol. The lowest BCUT2D eigenvalue weighted by molar-refractivity contribution is -0.124. The normalized spacial score (nSPS) is 16.1. The van der Waals surface area contributed by atoms with Crippen LogP contribution >= 0.6 is 11.6 Å². The summed E-state index contributed by atoms with van der Waals surface area (Å²) in [5, 5.41) is 3.22. The number of carbonyl (C=O) groups excluding carboxylic acids is 3. The van der Waals surface area contributed by atoms with Gasteiger partial charge in [0.15, 0.2) is 0 Å². The summed E-state index contributed by atoms with van der Waals surface area (Å²) in [6.07, 6.45) is 1.20. The van der Waals surface area contributed by atoms with Crippen LogP contribution in [0.4, 0.5) is 20.6 Å². The molecular formula is C22H17ClFN3O4.